The first-order chi connectivity index (χ1) is 8.83. The highest BCUT2D eigenvalue weighted by molar-refractivity contribution is 7.99. The van der Waals surface area contributed by atoms with Gasteiger partial charge in [-0.2, -0.15) is 0 Å². The first-order valence-electron chi connectivity index (χ1n) is 5.38. The Morgan fingerprint density at radius 1 is 1.44 bits per heavy atom. The molecule has 94 valence electrons. The molecule has 0 radical (unpaired) electrons. The lowest BCUT2D eigenvalue weighted by atomic mass is 10.2. The molecule has 0 aliphatic rings. The highest BCUT2D eigenvalue weighted by Gasteiger charge is 2.09. The summed E-state index contributed by atoms with van der Waals surface area (Å²) in [7, 11) is 1.60. The van der Waals surface area contributed by atoms with E-state index < -0.39 is 0 Å². The molecule has 0 fully saturated rings. The van der Waals surface area contributed by atoms with Gasteiger partial charge in [-0.25, -0.2) is 0 Å². The molecule has 0 saturated carbocycles. The Hall–Kier alpha value is -1.82. The molecule has 0 aliphatic heterocycles. The fourth-order valence-electron chi connectivity index (χ4n) is 1.34. The molecule has 6 heteroatoms. The van der Waals surface area contributed by atoms with Gasteiger partial charge in [0.15, 0.2) is 0 Å². The van der Waals surface area contributed by atoms with Crippen molar-refractivity contribution in [3.8, 4) is 17.2 Å². The first-order valence-corrected chi connectivity index (χ1v) is 6.36. The van der Waals surface area contributed by atoms with Crippen LogP contribution in [0.4, 0.5) is 0 Å². The number of aromatic nitrogens is 2. The predicted octanol–water partition coefficient (Wildman–Crippen LogP) is 2.43. The summed E-state index contributed by atoms with van der Waals surface area (Å²) >= 11 is 1.37. The second kappa shape index (κ2) is 6.20. The number of rotatable bonds is 6. The monoisotopic (exact) mass is 264 g/mol. The summed E-state index contributed by atoms with van der Waals surface area (Å²) in [5.41, 5.74) is 0.809. The molecule has 0 amide bonds. The van der Waals surface area contributed by atoms with E-state index in [9.17, 15) is 4.79 Å². The van der Waals surface area contributed by atoms with Crippen LogP contribution in [0.3, 0.4) is 0 Å². The molecule has 0 unspecified atom stereocenters. The topological polar surface area (TPSA) is 65.2 Å². The van der Waals surface area contributed by atoms with Gasteiger partial charge in [-0.15, -0.1) is 10.2 Å². The molecule has 2 aromatic rings. The zero-order chi connectivity index (χ0) is 12.8. The van der Waals surface area contributed by atoms with Gasteiger partial charge < -0.3 is 13.9 Å². The van der Waals surface area contributed by atoms with Crippen LogP contribution < -0.4 is 4.74 Å². The minimum Gasteiger partial charge on any atom is -0.497 e. The van der Waals surface area contributed by atoms with Gasteiger partial charge in [0.25, 0.3) is 5.22 Å². The highest BCUT2D eigenvalue weighted by Crippen LogP contribution is 2.25. The Bertz CT molecular complexity index is 528. The Morgan fingerprint density at radius 3 is 3.11 bits per heavy atom. The van der Waals surface area contributed by atoms with Gasteiger partial charge in [-0.05, 0) is 18.2 Å². The normalized spacial score (nSPS) is 10.3. The lowest BCUT2D eigenvalue weighted by Gasteiger charge is -1.99. The van der Waals surface area contributed by atoms with E-state index >= 15 is 0 Å². The maximum Gasteiger partial charge on any atom is 0.276 e. The summed E-state index contributed by atoms with van der Waals surface area (Å²) in [5.74, 6) is 1.83. The van der Waals surface area contributed by atoms with E-state index in [4.69, 9.17) is 9.15 Å². The number of nitrogens with zero attached hydrogens (tertiary/aromatic N) is 2. The van der Waals surface area contributed by atoms with Crippen LogP contribution >= 0.6 is 11.8 Å². The number of aldehydes is 1. The van der Waals surface area contributed by atoms with Gasteiger partial charge in [0.1, 0.15) is 12.0 Å². The fraction of sp³-hybridized carbons (Fsp3) is 0.250. The maximum absolute atomic E-state index is 10.2. The summed E-state index contributed by atoms with van der Waals surface area (Å²) in [4.78, 5) is 10.2. The van der Waals surface area contributed by atoms with E-state index in [1.807, 2.05) is 24.3 Å². The van der Waals surface area contributed by atoms with Crippen molar-refractivity contribution in [3.63, 3.8) is 0 Å². The molecule has 0 spiro atoms. The summed E-state index contributed by atoms with van der Waals surface area (Å²) in [6, 6.07) is 7.40. The maximum atomic E-state index is 10.2. The fourth-order valence-corrected chi connectivity index (χ4v) is 1.96. The quantitative estimate of drug-likeness (QED) is 0.453. The van der Waals surface area contributed by atoms with Crippen molar-refractivity contribution in [3.05, 3.63) is 24.3 Å². The molecule has 0 saturated heterocycles. The predicted molar refractivity (Wildman–Crippen MR) is 67.7 cm³/mol. The third-order valence-electron chi connectivity index (χ3n) is 2.18. The number of hydrogen-bond acceptors (Lipinski definition) is 6. The van der Waals surface area contributed by atoms with E-state index in [0.29, 0.717) is 23.3 Å². The summed E-state index contributed by atoms with van der Waals surface area (Å²) < 4.78 is 10.6. The SMILES string of the molecule is COc1cccc(-c2nnc(SCCC=O)o2)c1. The average Bonchev–Trinajstić information content (AvgIpc) is 2.88. The van der Waals surface area contributed by atoms with Crippen molar-refractivity contribution in [2.75, 3.05) is 12.9 Å². The zero-order valence-corrected chi connectivity index (χ0v) is 10.6. The van der Waals surface area contributed by atoms with E-state index in [2.05, 4.69) is 10.2 Å². The first kappa shape index (κ1) is 12.6. The number of ether oxygens (including phenoxy) is 1. The molecule has 18 heavy (non-hydrogen) atoms. The van der Waals surface area contributed by atoms with Gasteiger partial charge in [0.05, 0.1) is 7.11 Å². The number of benzene rings is 1. The molecule has 1 aromatic carbocycles. The third kappa shape index (κ3) is 3.10. The molecule has 1 aromatic heterocycles. The molecule has 0 bridgehead atoms. The van der Waals surface area contributed by atoms with Crippen molar-refractivity contribution < 1.29 is 13.9 Å². The van der Waals surface area contributed by atoms with Crippen molar-refractivity contribution in [1.82, 2.24) is 10.2 Å². The summed E-state index contributed by atoms with van der Waals surface area (Å²) in [6.45, 7) is 0. The molecule has 0 aliphatic carbocycles. The zero-order valence-electron chi connectivity index (χ0n) is 9.83. The van der Waals surface area contributed by atoms with Crippen molar-refractivity contribution >= 4 is 18.0 Å². The van der Waals surface area contributed by atoms with E-state index in [-0.39, 0.29) is 0 Å². The number of carbonyl (C=O) groups is 1. The Balaban J connectivity index is 2.10. The highest BCUT2D eigenvalue weighted by atomic mass is 32.2. The minimum absolute atomic E-state index is 0.447. The van der Waals surface area contributed by atoms with E-state index in [1.54, 1.807) is 7.11 Å². The molecule has 0 N–H and O–H groups in total. The van der Waals surface area contributed by atoms with E-state index in [0.717, 1.165) is 17.6 Å². The van der Waals surface area contributed by atoms with Crippen LogP contribution in [-0.4, -0.2) is 29.3 Å². The number of carbonyl (C=O) groups excluding carboxylic acids is 1. The molecular formula is C12H12N2O3S. The standard InChI is InChI=1S/C12H12N2O3S/c1-16-10-5-2-4-9(8-10)11-13-14-12(17-11)18-7-3-6-15/h2,4-6,8H,3,7H2,1H3. The third-order valence-corrected chi connectivity index (χ3v) is 3.04. The molecule has 1 heterocycles. The van der Waals surface area contributed by atoms with Gasteiger partial charge in [0.2, 0.25) is 5.89 Å². The molecular weight excluding hydrogens is 252 g/mol. The number of thioether (sulfide) groups is 1. The van der Waals surface area contributed by atoms with Crippen molar-refractivity contribution in [2.45, 2.75) is 11.6 Å². The van der Waals surface area contributed by atoms with E-state index in [1.165, 1.54) is 11.8 Å². The van der Waals surface area contributed by atoms with Crippen LogP contribution in [-0.2, 0) is 4.79 Å². The van der Waals surface area contributed by atoms with Crippen molar-refractivity contribution in [1.29, 1.82) is 0 Å². The summed E-state index contributed by atoms with van der Waals surface area (Å²) in [5, 5.41) is 8.34. The second-order valence-electron chi connectivity index (χ2n) is 3.41. The smallest absolute Gasteiger partial charge is 0.276 e. The molecule has 0 atom stereocenters. The Labute approximate surface area is 109 Å². The van der Waals surface area contributed by atoms with Gasteiger partial charge in [-0.1, -0.05) is 17.8 Å². The van der Waals surface area contributed by atoms with Gasteiger partial charge in [0, 0.05) is 17.7 Å². The number of methoxy groups -OCH3 is 1. The minimum atomic E-state index is 0.447. The van der Waals surface area contributed by atoms with Gasteiger partial charge >= 0.3 is 0 Å². The Kier molecular flexibility index (Phi) is 4.35. The largest absolute Gasteiger partial charge is 0.497 e. The number of hydrogen-bond donors (Lipinski definition) is 0. The second-order valence-corrected chi connectivity index (χ2v) is 4.46. The van der Waals surface area contributed by atoms with Crippen LogP contribution in [0.15, 0.2) is 33.9 Å². The van der Waals surface area contributed by atoms with Gasteiger partial charge in [-0.3, -0.25) is 0 Å². The van der Waals surface area contributed by atoms with Crippen molar-refractivity contribution in [2.24, 2.45) is 0 Å². The lowest BCUT2D eigenvalue weighted by Crippen LogP contribution is -1.83. The summed E-state index contributed by atoms with van der Waals surface area (Å²) in [6.07, 6.45) is 1.34. The van der Waals surface area contributed by atoms with Crippen LogP contribution in [0.25, 0.3) is 11.5 Å². The van der Waals surface area contributed by atoms with Crippen LogP contribution in [0.1, 0.15) is 6.42 Å². The molecule has 2 rings (SSSR count). The van der Waals surface area contributed by atoms with Crippen LogP contribution in [0.2, 0.25) is 0 Å². The lowest BCUT2D eigenvalue weighted by molar-refractivity contribution is -0.107. The molecule has 5 nitrogen and oxygen atoms in total. The Morgan fingerprint density at radius 2 is 2.33 bits per heavy atom. The average molecular weight is 264 g/mol. The van der Waals surface area contributed by atoms with Crippen LogP contribution in [0.5, 0.6) is 5.75 Å². The van der Waals surface area contributed by atoms with Crippen LogP contribution in [0, 0.1) is 0 Å².